The topological polar surface area (TPSA) is 56.3 Å². The zero-order valence-corrected chi connectivity index (χ0v) is 11.9. The highest BCUT2D eigenvalue weighted by molar-refractivity contribution is 7.15. The van der Waals surface area contributed by atoms with E-state index >= 15 is 0 Å². The number of aromatic nitrogens is 2. The molecule has 2 aromatic rings. The summed E-state index contributed by atoms with van der Waals surface area (Å²) in [6, 6.07) is 7.55. The highest BCUT2D eigenvalue weighted by Crippen LogP contribution is 2.27. The Balaban J connectivity index is 1.93. The number of hydrogen-bond donors (Lipinski definition) is 1. The lowest BCUT2D eigenvalue weighted by atomic mass is 10.3. The van der Waals surface area contributed by atoms with Crippen LogP contribution in [0.2, 0.25) is 0 Å². The molecule has 0 radical (unpaired) electrons. The van der Waals surface area contributed by atoms with Gasteiger partial charge < -0.3 is 14.8 Å². The third-order valence-corrected chi connectivity index (χ3v) is 3.27. The number of benzene rings is 1. The summed E-state index contributed by atoms with van der Waals surface area (Å²) in [6.07, 6.45) is 1.06. The Morgan fingerprint density at radius 3 is 2.74 bits per heavy atom. The van der Waals surface area contributed by atoms with Crippen molar-refractivity contribution in [2.75, 3.05) is 19.0 Å². The second kappa shape index (κ2) is 6.94. The molecule has 0 saturated heterocycles. The van der Waals surface area contributed by atoms with Crippen LogP contribution in [0.1, 0.15) is 18.4 Å². The lowest BCUT2D eigenvalue weighted by Crippen LogP contribution is -1.98. The van der Waals surface area contributed by atoms with Crippen LogP contribution in [-0.4, -0.2) is 23.9 Å². The molecule has 0 fully saturated rings. The number of methoxy groups -OCH3 is 1. The van der Waals surface area contributed by atoms with Crippen LogP contribution in [0.25, 0.3) is 0 Å². The first-order chi connectivity index (χ1) is 9.33. The molecule has 5 nitrogen and oxygen atoms in total. The number of rotatable bonds is 7. The summed E-state index contributed by atoms with van der Waals surface area (Å²) >= 11 is 1.51. The molecule has 1 heterocycles. The van der Waals surface area contributed by atoms with Gasteiger partial charge in [-0.1, -0.05) is 30.4 Å². The Kier molecular flexibility index (Phi) is 4.97. The largest absolute Gasteiger partial charge is 0.493 e. The summed E-state index contributed by atoms with van der Waals surface area (Å²) in [4.78, 5) is 0. The minimum atomic E-state index is 0.395. The molecule has 0 amide bonds. The smallest absolute Gasteiger partial charge is 0.205 e. The van der Waals surface area contributed by atoms with E-state index in [1.807, 2.05) is 24.3 Å². The van der Waals surface area contributed by atoms with Crippen LogP contribution in [0.4, 0.5) is 5.13 Å². The Labute approximate surface area is 116 Å². The molecule has 0 bridgehead atoms. The number of nitrogens with zero attached hydrogens (tertiary/aromatic N) is 2. The molecule has 0 saturated carbocycles. The highest BCUT2D eigenvalue weighted by atomic mass is 32.1. The summed E-state index contributed by atoms with van der Waals surface area (Å²) in [7, 11) is 1.62. The highest BCUT2D eigenvalue weighted by Gasteiger charge is 2.07. The van der Waals surface area contributed by atoms with E-state index in [1.165, 1.54) is 11.3 Å². The average molecular weight is 279 g/mol. The van der Waals surface area contributed by atoms with Crippen molar-refractivity contribution >= 4 is 16.5 Å². The van der Waals surface area contributed by atoms with Gasteiger partial charge in [0, 0.05) is 6.54 Å². The normalized spacial score (nSPS) is 10.2. The second-order valence-electron chi connectivity index (χ2n) is 3.87. The minimum absolute atomic E-state index is 0.395. The molecule has 1 aromatic heterocycles. The van der Waals surface area contributed by atoms with E-state index in [4.69, 9.17) is 9.47 Å². The molecule has 0 unspecified atom stereocenters. The Morgan fingerprint density at radius 1 is 1.21 bits per heavy atom. The number of ether oxygens (including phenoxy) is 2. The molecule has 19 heavy (non-hydrogen) atoms. The molecule has 0 aliphatic heterocycles. The van der Waals surface area contributed by atoms with Crippen molar-refractivity contribution in [3.05, 3.63) is 29.3 Å². The minimum Gasteiger partial charge on any atom is -0.493 e. The van der Waals surface area contributed by atoms with Crippen LogP contribution in [0, 0.1) is 0 Å². The number of anilines is 1. The standard InChI is InChI=1S/C13H17N3O2S/c1-3-8-14-13-16-15-12(19-13)9-18-11-7-5-4-6-10(11)17-2/h4-7H,3,8-9H2,1-2H3,(H,14,16). The van der Waals surface area contributed by atoms with Crippen LogP contribution in [0.15, 0.2) is 24.3 Å². The predicted octanol–water partition coefficient (Wildman–Crippen LogP) is 2.95. The van der Waals surface area contributed by atoms with Gasteiger partial charge in [0.2, 0.25) is 5.13 Å². The molecular weight excluding hydrogens is 262 g/mol. The van der Waals surface area contributed by atoms with Crippen LogP contribution in [0.3, 0.4) is 0 Å². The number of nitrogens with one attached hydrogen (secondary N) is 1. The van der Waals surface area contributed by atoms with Crippen molar-refractivity contribution in [1.29, 1.82) is 0 Å². The Hall–Kier alpha value is -1.82. The van der Waals surface area contributed by atoms with Crippen molar-refractivity contribution in [1.82, 2.24) is 10.2 Å². The predicted molar refractivity (Wildman–Crippen MR) is 76.0 cm³/mol. The van der Waals surface area contributed by atoms with Gasteiger partial charge in [0.15, 0.2) is 16.5 Å². The monoisotopic (exact) mass is 279 g/mol. The van der Waals surface area contributed by atoms with Gasteiger partial charge in [0.25, 0.3) is 0 Å². The zero-order valence-electron chi connectivity index (χ0n) is 11.0. The molecule has 0 aliphatic rings. The third-order valence-electron chi connectivity index (χ3n) is 2.41. The third kappa shape index (κ3) is 3.82. The van der Waals surface area contributed by atoms with Crippen molar-refractivity contribution < 1.29 is 9.47 Å². The van der Waals surface area contributed by atoms with Gasteiger partial charge in [-0.2, -0.15) is 0 Å². The van der Waals surface area contributed by atoms with E-state index in [0.717, 1.165) is 28.9 Å². The summed E-state index contributed by atoms with van der Waals surface area (Å²) in [5.41, 5.74) is 0. The van der Waals surface area contributed by atoms with Crippen LogP contribution in [-0.2, 0) is 6.61 Å². The first kappa shape index (κ1) is 13.6. The van der Waals surface area contributed by atoms with E-state index in [0.29, 0.717) is 12.4 Å². The maximum absolute atomic E-state index is 5.69. The number of hydrogen-bond acceptors (Lipinski definition) is 6. The second-order valence-corrected chi connectivity index (χ2v) is 4.93. The van der Waals surface area contributed by atoms with Crippen LogP contribution in [0.5, 0.6) is 11.5 Å². The van der Waals surface area contributed by atoms with Gasteiger partial charge in [-0.15, -0.1) is 10.2 Å². The molecule has 2 rings (SSSR count). The summed E-state index contributed by atoms with van der Waals surface area (Å²) in [5, 5.41) is 13.0. The van der Waals surface area contributed by atoms with E-state index < -0.39 is 0 Å². The lowest BCUT2D eigenvalue weighted by Gasteiger charge is -2.08. The van der Waals surface area contributed by atoms with Gasteiger partial charge in [0.05, 0.1) is 7.11 Å². The molecule has 1 aromatic carbocycles. The molecular formula is C13H17N3O2S. The molecule has 0 atom stereocenters. The Bertz CT molecular complexity index is 516. The Morgan fingerprint density at radius 2 is 2.00 bits per heavy atom. The van der Waals surface area contributed by atoms with Crippen molar-refractivity contribution in [2.45, 2.75) is 20.0 Å². The van der Waals surface area contributed by atoms with Gasteiger partial charge in [-0.3, -0.25) is 0 Å². The maximum Gasteiger partial charge on any atom is 0.205 e. The summed E-state index contributed by atoms with van der Waals surface area (Å²) in [5.74, 6) is 1.43. The van der Waals surface area contributed by atoms with Crippen molar-refractivity contribution in [3.63, 3.8) is 0 Å². The van der Waals surface area contributed by atoms with Crippen LogP contribution >= 0.6 is 11.3 Å². The number of para-hydroxylation sites is 2. The van der Waals surface area contributed by atoms with Gasteiger partial charge in [0.1, 0.15) is 6.61 Å². The first-order valence-corrected chi connectivity index (χ1v) is 6.97. The summed E-state index contributed by atoms with van der Waals surface area (Å²) < 4.78 is 10.9. The van der Waals surface area contributed by atoms with Gasteiger partial charge in [-0.05, 0) is 18.6 Å². The maximum atomic E-state index is 5.69. The SMILES string of the molecule is CCCNc1nnc(COc2ccccc2OC)s1. The molecule has 6 heteroatoms. The fourth-order valence-corrected chi connectivity index (χ4v) is 2.17. The van der Waals surface area contributed by atoms with Gasteiger partial charge >= 0.3 is 0 Å². The van der Waals surface area contributed by atoms with Crippen molar-refractivity contribution in [3.8, 4) is 11.5 Å². The quantitative estimate of drug-likeness (QED) is 0.844. The van der Waals surface area contributed by atoms with E-state index in [-0.39, 0.29) is 0 Å². The molecule has 0 spiro atoms. The fourth-order valence-electron chi connectivity index (χ4n) is 1.49. The molecule has 1 N–H and O–H groups in total. The molecule has 102 valence electrons. The average Bonchev–Trinajstić information content (AvgIpc) is 2.91. The van der Waals surface area contributed by atoms with E-state index in [1.54, 1.807) is 7.11 Å². The van der Waals surface area contributed by atoms with E-state index in [9.17, 15) is 0 Å². The first-order valence-electron chi connectivity index (χ1n) is 6.15. The fraction of sp³-hybridized carbons (Fsp3) is 0.385. The van der Waals surface area contributed by atoms with Gasteiger partial charge in [-0.25, -0.2) is 0 Å². The van der Waals surface area contributed by atoms with Crippen molar-refractivity contribution in [2.24, 2.45) is 0 Å². The molecule has 0 aliphatic carbocycles. The lowest BCUT2D eigenvalue weighted by molar-refractivity contribution is 0.283. The van der Waals surface area contributed by atoms with E-state index in [2.05, 4.69) is 22.4 Å². The zero-order chi connectivity index (χ0) is 13.5. The van der Waals surface area contributed by atoms with Crippen LogP contribution < -0.4 is 14.8 Å². The summed E-state index contributed by atoms with van der Waals surface area (Å²) in [6.45, 7) is 3.41.